The molecule has 3 aromatic rings. The highest BCUT2D eigenvalue weighted by Crippen LogP contribution is 2.35. The van der Waals surface area contributed by atoms with Crippen molar-refractivity contribution in [2.75, 3.05) is 5.32 Å². The molecule has 0 aliphatic carbocycles. The maximum atomic E-state index is 12.6. The molecule has 3 rings (SSSR count). The van der Waals surface area contributed by atoms with Gasteiger partial charge in [-0.15, -0.1) is 0 Å². The van der Waals surface area contributed by atoms with Gasteiger partial charge in [0.15, 0.2) is 0 Å². The number of aromatic nitrogens is 1. The summed E-state index contributed by atoms with van der Waals surface area (Å²) in [6, 6.07) is 18.7. The molecule has 0 fully saturated rings. The monoisotopic (exact) mass is 421 g/mol. The number of carbonyl (C=O) groups excluding carboxylic acids is 2. The largest absolute Gasteiger partial charge is 0.437 e. The number of imide groups is 1. The normalized spacial score (nSPS) is 10.9. The molecule has 0 atom stereocenters. The fraction of sp³-hybridized carbons (Fsp3) is 0.174. The van der Waals surface area contributed by atoms with Gasteiger partial charge >= 0.3 is 6.03 Å². The van der Waals surface area contributed by atoms with Crippen LogP contribution in [-0.2, 0) is 5.41 Å². The number of ether oxygens (including phenoxy) is 1. The van der Waals surface area contributed by atoms with Crippen molar-refractivity contribution in [2.45, 2.75) is 26.2 Å². The average Bonchev–Trinajstić information content (AvgIpc) is 2.74. The summed E-state index contributed by atoms with van der Waals surface area (Å²) in [7, 11) is 0. The maximum absolute atomic E-state index is 12.6. The van der Waals surface area contributed by atoms with Crippen LogP contribution >= 0.6 is 12.8 Å². The zero-order chi connectivity index (χ0) is 21.7. The van der Waals surface area contributed by atoms with Gasteiger partial charge < -0.3 is 10.1 Å². The molecule has 1 aromatic heterocycles. The van der Waals surface area contributed by atoms with Crippen LogP contribution in [0.5, 0.6) is 11.6 Å². The summed E-state index contributed by atoms with van der Waals surface area (Å²) >= 11 is 4.06. The lowest BCUT2D eigenvalue weighted by Gasteiger charge is -2.23. The van der Waals surface area contributed by atoms with E-state index in [4.69, 9.17) is 4.74 Å². The van der Waals surface area contributed by atoms with Crippen LogP contribution in [0.4, 0.5) is 10.5 Å². The third kappa shape index (κ3) is 4.99. The van der Waals surface area contributed by atoms with Crippen LogP contribution in [0.2, 0.25) is 0 Å². The number of nitrogens with zero attached hydrogens (tertiary/aromatic N) is 2. The predicted molar refractivity (Wildman–Crippen MR) is 120 cm³/mol. The molecule has 7 heteroatoms. The zero-order valence-corrected chi connectivity index (χ0v) is 17.9. The van der Waals surface area contributed by atoms with E-state index >= 15 is 0 Å². The summed E-state index contributed by atoms with van der Waals surface area (Å²) in [6.07, 6.45) is 1.57. The van der Waals surface area contributed by atoms with E-state index in [-0.39, 0.29) is 11.3 Å². The summed E-state index contributed by atoms with van der Waals surface area (Å²) < 4.78 is 6.76. The third-order valence-corrected chi connectivity index (χ3v) is 4.68. The Kier molecular flexibility index (Phi) is 6.42. The number of anilines is 1. The van der Waals surface area contributed by atoms with Crippen LogP contribution in [0, 0.1) is 0 Å². The van der Waals surface area contributed by atoms with Gasteiger partial charge in [-0.1, -0.05) is 70.0 Å². The Balaban J connectivity index is 1.81. The van der Waals surface area contributed by atoms with Gasteiger partial charge in [0.2, 0.25) is 5.88 Å². The van der Waals surface area contributed by atoms with Crippen LogP contribution in [0.1, 0.15) is 36.7 Å². The van der Waals surface area contributed by atoms with Crippen molar-refractivity contribution in [1.29, 1.82) is 0 Å². The molecule has 1 heterocycles. The van der Waals surface area contributed by atoms with Crippen LogP contribution in [0.25, 0.3) is 0 Å². The van der Waals surface area contributed by atoms with Gasteiger partial charge in [-0.05, 0) is 35.7 Å². The Morgan fingerprint density at radius 1 is 0.967 bits per heavy atom. The van der Waals surface area contributed by atoms with Crippen molar-refractivity contribution in [3.63, 3.8) is 0 Å². The van der Waals surface area contributed by atoms with E-state index in [0.29, 0.717) is 17.0 Å². The maximum Gasteiger partial charge on any atom is 0.339 e. The Morgan fingerprint density at radius 3 is 2.33 bits per heavy atom. The second kappa shape index (κ2) is 9.00. The number of benzene rings is 2. The lowest BCUT2D eigenvalue weighted by molar-refractivity contribution is 0.0901. The molecule has 0 spiro atoms. The molecule has 2 aromatic carbocycles. The highest BCUT2D eigenvalue weighted by molar-refractivity contribution is 7.79. The summed E-state index contributed by atoms with van der Waals surface area (Å²) in [5.74, 6) is 0.319. The van der Waals surface area contributed by atoms with Crippen molar-refractivity contribution < 1.29 is 14.3 Å². The Bertz CT molecular complexity index is 1050. The number of rotatable bonds is 4. The van der Waals surface area contributed by atoms with Gasteiger partial charge in [-0.2, -0.15) is 0 Å². The quantitative estimate of drug-likeness (QED) is 0.531. The molecule has 0 aliphatic heterocycles. The second-order valence-electron chi connectivity index (χ2n) is 7.62. The summed E-state index contributed by atoms with van der Waals surface area (Å²) in [5.41, 5.74) is 1.54. The Labute approximate surface area is 181 Å². The van der Waals surface area contributed by atoms with Gasteiger partial charge in [-0.3, -0.25) is 4.79 Å². The Morgan fingerprint density at radius 2 is 1.63 bits per heavy atom. The number of hydrogen-bond acceptors (Lipinski definition) is 5. The average molecular weight is 422 g/mol. The van der Waals surface area contributed by atoms with Crippen molar-refractivity contribution >= 4 is 30.4 Å². The first kappa shape index (κ1) is 21.4. The Hall–Kier alpha value is -3.32. The molecule has 0 saturated heterocycles. The van der Waals surface area contributed by atoms with E-state index < -0.39 is 11.9 Å². The SMILES string of the molecule is CC(C)(C)c1ccccc1Oc1ncccc1NC(=O)N(S)C(=O)c1ccccc1. The molecule has 6 nitrogen and oxygen atoms in total. The molecule has 0 unspecified atom stereocenters. The molecule has 0 radical (unpaired) electrons. The zero-order valence-electron chi connectivity index (χ0n) is 17.0. The van der Waals surface area contributed by atoms with Gasteiger partial charge in [0.05, 0.1) is 0 Å². The first-order valence-corrected chi connectivity index (χ1v) is 9.79. The highest BCUT2D eigenvalue weighted by atomic mass is 32.1. The van der Waals surface area contributed by atoms with E-state index in [1.807, 2.05) is 24.3 Å². The molecule has 1 N–H and O–H groups in total. The molecule has 0 aliphatic rings. The van der Waals surface area contributed by atoms with Crippen molar-refractivity contribution in [3.8, 4) is 11.6 Å². The van der Waals surface area contributed by atoms with Crippen molar-refractivity contribution in [2.24, 2.45) is 0 Å². The van der Waals surface area contributed by atoms with Crippen LogP contribution in [-0.4, -0.2) is 21.2 Å². The number of amides is 3. The minimum atomic E-state index is -0.714. The molecule has 0 saturated carbocycles. The molecule has 3 amide bonds. The van der Waals surface area contributed by atoms with Crippen LogP contribution < -0.4 is 10.1 Å². The molecule has 0 bridgehead atoms. The summed E-state index contributed by atoms with van der Waals surface area (Å²) in [6.45, 7) is 6.26. The topological polar surface area (TPSA) is 71.5 Å². The highest BCUT2D eigenvalue weighted by Gasteiger charge is 2.23. The van der Waals surface area contributed by atoms with Gasteiger partial charge in [0, 0.05) is 17.3 Å². The van der Waals surface area contributed by atoms with Gasteiger partial charge in [0.1, 0.15) is 11.4 Å². The third-order valence-electron chi connectivity index (χ3n) is 4.32. The van der Waals surface area contributed by atoms with Crippen molar-refractivity contribution in [1.82, 2.24) is 9.29 Å². The number of nitrogens with one attached hydrogen (secondary N) is 1. The fourth-order valence-corrected chi connectivity index (χ4v) is 2.98. The number of pyridine rings is 1. The fourth-order valence-electron chi connectivity index (χ4n) is 2.81. The van der Waals surface area contributed by atoms with E-state index in [0.717, 1.165) is 9.87 Å². The molecular weight excluding hydrogens is 398 g/mol. The number of thiol groups is 1. The standard InChI is InChI=1S/C23H23N3O3S/c1-23(2,3)17-12-7-8-14-19(17)29-20-18(13-9-15-24-20)25-22(28)26(30)21(27)16-10-5-4-6-11-16/h4-15,30H,1-3H3,(H,25,28). The summed E-state index contributed by atoms with van der Waals surface area (Å²) in [4.78, 5) is 29.3. The predicted octanol–water partition coefficient (Wildman–Crippen LogP) is 5.69. The first-order valence-electron chi connectivity index (χ1n) is 9.39. The minimum Gasteiger partial charge on any atom is -0.437 e. The minimum absolute atomic E-state index is 0.140. The van der Waals surface area contributed by atoms with Crippen LogP contribution in [0.3, 0.4) is 0 Å². The lowest BCUT2D eigenvalue weighted by Crippen LogP contribution is -2.32. The number of urea groups is 1. The van der Waals surface area contributed by atoms with Gasteiger partial charge in [-0.25, -0.2) is 14.1 Å². The van der Waals surface area contributed by atoms with E-state index in [9.17, 15) is 9.59 Å². The first-order chi connectivity index (χ1) is 14.3. The smallest absolute Gasteiger partial charge is 0.339 e. The molecule has 154 valence electrons. The number of carbonyl (C=O) groups is 2. The van der Waals surface area contributed by atoms with E-state index in [1.54, 1.807) is 48.7 Å². The summed E-state index contributed by atoms with van der Waals surface area (Å²) in [5, 5.41) is 2.64. The van der Waals surface area contributed by atoms with Gasteiger partial charge in [0.25, 0.3) is 5.91 Å². The second-order valence-corrected chi connectivity index (χ2v) is 8.02. The lowest BCUT2D eigenvalue weighted by atomic mass is 9.86. The van der Waals surface area contributed by atoms with Crippen molar-refractivity contribution in [3.05, 3.63) is 84.1 Å². The van der Waals surface area contributed by atoms with Crippen LogP contribution in [0.15, 0.2) is 72.9 Å². The number of hydrogen-bond donors (Lipinski definition) is 2. The van der Waals surface area contributed by atoms with E-state index in [2.05, 4.69) is 43.9 Å². The molecule has 30 heavy (non-hydrogen) atoms. The number of para-hydroxylation sites is 1. The van der Waals surface area contributed by atoms with E-state index in [1.165, 1.54) is 0 Å². The molecular formula is C23H23N3O3S.